The highest BCUT2D eigenvalue weighted by atomic mass is 32.1. The zero-order chi connectivity index (χ0) is 20.9. The molecular weight excluding hydrogens is 413 g/mol. The lowest BCUT2D eigenvalue weighted by molar-refractivity contribution is 0.122. The van der Waals surface area contributed by atoms with Crippen LogP contribution in [0.4, 0.5) is 15.2 Å². The molecule has 2 fully saturated rings. The van der Waals surface area contributed by atoms with Gasteiger partial charge >= 0.3 is 0 Å². The van der Waals surface area contributed by atoms with Crippen molar-refractivity contribution in [1.29, 1.82) is 0 Å². The number of ether oxygens (including phenoxy) is 1. The zero-order valence-corrected chi connectivity index (χ0v) is 18.2. The minimum atomic E-state index is -0.276. The van der Waals surface area contributed by atoms with Gasteiger partial charge in [-0.15, -0.1) is 0 Å². The Bertz CT molecular complexity index is 1260. The smallest absolute Gasteiger partial charge is 0.186 e. The molecule has 0 aliphatic carbocycles. The number of aromatic nitrogens is 3. The Morgan fingerprint density at radius 1 is 1.13 bits per heavy atom. The highest BCUT2D eigenvalue weighted by molar-refractivity contribution is 7.22. The standard InChI is InChI=1S/C23H24FN5OS/c1-27-14-19(18-10-16(24)12-25-22(18)27)15-4-5-29(13-15)17-2-3-20-21(11-17)31-23(26-20)28-6-8-30-9-7-28/h2-3,10-12,14-15H,4-9,13H2,1H3. The average molecular weight is 438 g/mol. The molecule has 5 heterocycles. The van der Waals surface area contributed by atoms with Gasteiger partial charge in [-0.1, -0.05) is 11.3 Å². The van der Waals surface area contributed by atoms with Gasteiger partial charge in [0.15, 0.2) is 5.13 Å². The predicted octanol–water partition coefficient (Wildman–Crippen LogP) is 4.15. The highest BCUT2D eigenvalue weighted by Gasteiger charge is 2.27. The van der Waals surface area contributed by atoms with Gasteiger partial charge in [0.1, 0.15) is 11.5 Å². The van der Waals surface area contributed by atoms with Crippen LogP contribution in [0, 0.1) is 5.82 Å². The second-order valence-corrected chi connectivity index (χ2v) is 9.41. The summed E-state index contributed by atoms with van der Waals surface area (Å²) in [6, 6.07) is 8.20. The van der Waals surface area contributed by atoms with Crippen LogP contribution in [-0.2, 0) is 11.8 Å². The van der Waals surface area contributed by atoms with Gasteiger partial charge in [-0.2, -0.15) is 0 Å². The lowest BCUT2D eigenvalue weighted by Crippen LogP contribution is -2.36. The number of halogens is 1. The van der Waals surface area contributed by atoms with Crippen LogP contribution in [0.1, 0.15) is 17.9 Å². The largest absolute Gasteiger partial charge is 0.378 e. The molecule has 0 amide bonds. The minimum Gasteiger partial charge on any atom is -0.378 e. The molecule has 8 heteroatoms. The number of rotatable bonds is 3. The molecule has 0 N–H and O–H groups in total. The molecular formula is C23H24FN5OS. The fourth-order valence-corrected chi connectivity index (χ4v) is 5.88. The van der Waals surface area contributed by atoms with E-state index in [4.69, 9.17) is 9.72 Å². The minimum absolute atomic E-state index is 0.276. The number of pyridine rings is 1. The Labute approximate surface area is 183 Å². The van der Waals surface area contributed by atoms with E-state index in [9.17, 15) is 4.39 Å². The molecule has 2 aliphatic rings. The molecule has 6 nitrogen and oxygen atoms in total. The van der Waals surface area contributed by atoms with Crippen molar-refractivity contribution in [2.45, 2.75) is 12.3 Å². The Morgan fingerprint density at radius 3 is 2.87 bits per heavy atom. The summed E-state index contributed by atoms with van der Waals surface area (Å²) in [4.78, 5) is 13.9. The summed E-state index contributed by atoms with van der Waals surface area (Å²) in [7, 11) is 1.98. The van der Waals surface area contributed by atoms with Crippen LogP contribution in [0.25, 0.3) is 21.3 Å². The maximum atomic E-state index is 13.8. The summed E-state index contributed by atoms with van der Waals surface area (Å²) in [6.07, 6.45) is 4.46. The maximum Gasteiger partial charge on any atom is 0.186 e. The first-order chi connectivity index (χ1) is 15.2. The molecule has 2 saturated heterocycles. The number of benzene rings is 1. The summed E-state index contributed by atoms with van der Waals surface area (Å²) in [5, 5.41) is 2.02. The third kappa shape index (κ3) is 3.34. The first-order valence-electron chi connectivity index (χ1n) is 10.7. The number of morpholine rings is 1. The number of hydrogen-bond acceptors (Lipinski definition) is 6. The fraction of sp³-hybridized carbons (Fsp3) is 0.391. The normalized spacial score (nSPS) is 19.7. The van der Waals surface area contributed by atoms with Crippen LogP contribution in [0.5, 0.6) is 0 Å². The molecule has 6 rings (SSSR count). The number of fused-ring (bicyclic) bond motifs is 2. The topological polar surface area (TPSA) is 46.4 Å². The lowest BCUT2D eigenvalue weighted by Gasteiger charge is -2.25. The van der Waals surface area contributed by atoms with Crippen LogP contribution in [-0.4, -0.2) is 53.9 Å². The Hall–Kier alpha value is -2.71. The van der Waals surface area contributed by atoms with E-state index in [0.29, 0.717) is 5.92 Å². The Kier molecular flexibility index (Phi) is 4.57. The van der Waals surface area contributed by atoms with Gasteiger partial charge in [0.2, 0.25) is 0 Å². The molecule has 0 bridgehead atoms. The molecule has 4 aromatic rings. The van der Waals surface area contributed by atoms with Gasteiger partial charge in [-0.25, -0.2) is 14.4 Å². The summed E-state index contributed by atoms with van der Waals surface area (Å²) < 4.78 is 22.5. The summed E-state index contributed by atoms with van der Waals surface area (Å²) in [5.74, 6) is 0.0925. The van der Waals surface area contributed by atoms with Crippen LogP contribution in [0.15, 0.2) is 36.7 Å². The van der Waals surface area contributed by atoms with Crippen molar-refractivity contribution in [2.24, 2.45) is 7.05 Å². The number of nitrogens with zero attached hydrogens (tertiary/aromatic N) is 5. The van der Waals surface area contributed by atoms with Gasteiger partial charge < -0.3 is 19.1 Å². The fourth-order valence-electron chi connectivity index (χ4n) is 4.83. The van der Waals surface area contributed by atoms with Crippen molar-refractivity contribution in [3.63, 3.8) is 0 Å². The van der Waals surface area contributed by atoms with Crippen molar-refractivity contribution >= 4 is 43.4 Å². The molecule has 160 valence electrons. The van der Waals surface area contributed by atoms with Gasteiger partial charge in [0.05, 0.1) is 29.6 Å². The van der Waals surface area contributed by atoms with Gasteiger partial charge in [-0.05, 0) is 36.2 Å². The summed E-state index contributed by atoms with van der Waals surface area (Å²) >= 11 is 1.76. The monoisotopic (exact) mass is 437 g/mol. The number of thiazole rings is 1. The van der Waals surface area contributed by atoms with Crippen molar-refractivity contribution < 1.29 is 9.13 Å². The number of aryl methyl sites for hydroxylation is 1. The van der Waals surface area contributed by atoms with Crippen LogP contribution < -0.4 is 9.80 Å². The van der Waals surface area contributed by atoms with Crippen molar-refractivity contribution in [2.75, 3.05) is 49.2 Å². The molecule has 1 unspecified atom stereocenters. The van der Waals surface area contributed by atoms with E-state index in [1.54, 1.807) is 17.4 Å². The van der Waals surface area contributed by atoms with Gasteiger partial charge in [-0.3, -0.25) is 0 Å². The molecule has 1 atom stereocenters. The van der Waals surface area contributed by atoms with E-state index in [1.165, 1.54) is 22.1 Å². The van der Waals surface area contributed by atoms with Gasteiger partial charge in [0.25, 0.3) is 0 Å². The van der Waals surface area contributed by atoms with Crippen LogP contribution in [0.3, 0.4) is 0 Å². The first-order valence-corrected chi connectivity index (χ1v) is 11.6. The molecule has 3 aromatic heterocycles. The van der Waals surface area contributed by atoms with E-state index < -0.39 is 0 Å². The lowest BCUT2D eigenvalue weighted by atomic mass is 9.99. The Morgan fingerprint density at radius 2 is 2.00 bits per heavy atom. The molecule has 1 aromatic carbocycles. The second kappa shape index (κ2) is 7.46. The van der Waals surface area contributed by atoms with Crippen LogP contribution in [0.2, 0.25) is 0 Å². The average Bonchev–Trinajstić information content (AvgIpc) is 3.51. The van der Waals surface area contributed by atoms with Crippen LogP contribution >= 0.6 is 11.3 Å². The van der Waals surface area contributed by atoms with E-state index in [2.05, 4.69) is 39.2 Å². The third-order valence-corrected chi connectivity index (χ3v) is 7.53. The SMILES string of the molecule is Cn1cc(C2CCN(c3ccc4nc(N5CCOCC5)sc4c3)C2)c2cc(F)cnc21. The molecule has 2 aliphatic heterocycles. The zero-order valence-electron chi connectivity index (χ0n) is 17.4. The summed E-state index contributed by atoms with van der Waals surface area (Å²) in [6.45, 7) is 5.26. The predicted molar refractivity (Wildman–Crippen MR) is 123 cm³/mol. The molecule has 0 spiro atoms. The van der Waals surface area contributed by atoms with Crippen molar-refractivity contribution in [3.05, 3.63) is 48.0 Å². The van der Waals surface area contributed by atoms with E-state index in [1.807, 2.05) is 11.6 Å². The summed E-state index contributed by atoms with van der Waals surface area (Å²) in [5.41, 5.74) is 4.33. The maximum absolute atomic E-state index is 13.8. The van der Waals surface area contributed by atoms with Crippen molar-refractivity contribution in [3.8, 4) is 0 Å². The molecule has 0 saturated carbocycles. The third-order valence-electron chi connectivity index (χ3n) is 6.45. The van der Waals surface area contributed by atoms with E-state index >= 15 is 0 Å². The second-order valence-electron chi connectivity index (χ2n) is 8.40. The first kappa shape index (κ1) is 19.0. The highest BCUT2D eigenvalue weighted by Crippen LogP contribution is 2.37. The quantitative estimate of drug-likeness (QED) is 0.482. The molecule has 0 radical (unpaired) electrons. The van der Waals surface area contributed by atoms with Crippen molar-refractivity contribution in [1.82, 2.24) is 14.5 Å². The van der Waals surface area contributed by atoms with E-state index in [-0.39, 0.29) is 5.82 Å². The molecule has 31 heavy (non-hydrogen) atoms. The van der Waals surface area contributed by atoms with E-state index in [0.717, 1.165) is 67.5 Å². The number of anilines is 2. The van der Waals surface area contributed by atoms with Gasteiger partial charge in [0, 0.05) is 56.4 Å². The number of hydrogen-bond donors (Lipinski definition) is 0. The Balaban J connectivity index is 1.26.